The number of rotatable bonds is 3. The average Bonchev–Trinajstić information content (AvgIpc) is 3.60. The fraction of sp³-hybridized carbons (Fsp3) is 0.207. The fourth-order valence-electron chi connectivity index (χ4n) is 6.15. The fourth-order valence-corrected chi connectivity index (χ4v) is 6.15. The molecule has 5 heterocycles. The normalized spacial score (nSPS) is 18.4. The molecule has 0 spiro atoms. The predicted octanol–water partition coefficient (Wildman–Crippen LogP) is 7.82. The molecule has 0 amide bonds. The third-order valence-corrected chi connectivity index (χ3v) is 7.94. The standard InChI is InChI=1S/C29H25N3O2/c1-4-29(5-2)18(3)28-31(21-8-9-25-19(15-21)10-13-33-25)23-7-6-12-30-27(23)32(28)24-16-20-11-14-34-26(20)17-22(24)29/h6-17,28H,3-5H2,1-2H3. The molecule has 1 atom stereocenters. The molecule has 0 bridgehead atoms. The minimum Gasteiger partial charge on any atom is -0.464 e. The van der Waals surface area contributed by atoms with Gasteiger partial charge in [-0.1, -0.05) is 20.4 Å². The van der Waals surface area contributed by atoms with E-state index < -0.39 is 0 Å². The summed E-state index contributed by atoms with van der Waals surface area (Å²) in [5.74, 6) is 0.950. The summed E-state index contributed by atoms with van der Waals surface area (Å²) in [6.07, 6.45) is 7.23. The molecule has 0 saturated heterocycles. The van der Waals surface area contributed by atoms with Crippen LogP contribution in [0.2, 0.25) is 0 Å². The van der Waals surface area contributed by atoms with Crippen LogP contribution in [0.1, 0.15) is 32.3 Å². The second-order valence-electron chi connectivity index (χ2n) is 9.24. The number of anilines is 4. The molecule has 1 unspecified atom stereocenters. The lowest BCUT2D eigenvalue weighted by molar-refractivity contribution is 0.425. The van der Waals surface area contributed by atoms with Crippen LogP contribution in [0.15, 0.2) is 94.3 Å². The molecule has 34 heavy (non-hydrogen) atoms. The molecule has 5 heteroatoms. The number of hydrogen-bond donors (Lipinski definition) is 0. The van der Waals surface area contributed by atoms with Gasteiger partial charge in [0.1, 0.15) is 17.3 Å². The molecule has 0 saturated carbocycles. The molecule has 7 rings (SSSR count). The molecule has 0 radical (unpaired) electrons. The average molecular weight is 448 g/mol. The zero-order chi connectivity index (χ0) is 23.0. The highest BCUT2D eigenvalue weighted by atomic mass is 16.3. The summed E-state index contributed by atoms with van der Waals surface area (Å²) in [7, 11) is 0. The first-order valence-corrected chi connectivity index (χ1v) is 11.9. The highest BCUT2D eigenvalue weighted by molar-refractivity contribution is 5.95. The molecule has 2 aromatic carbocycles. The van der Waals surface area contributed by atoms with Gasteiger partial charge in [0, 0.05) is 33.8 Å². The van der Waals surface area contributed by atoms with E-state index in [2.05, 4.69) is 54.0 Å². The number of aromatic nitrogens is 1. The van der Waals surface area contributed by atoms with Gasteiger partial charge >= 0.3 is 0 Å². The van der Waals surface area contributed by atoms with E-state index in [1.165, 1.54) is 16.8 Å². The maximum atomic E-state index is 5.82. The molecular weight excluding hydrogens is 422 g/mol. The summed E-state index contributed by atoms with van der Waals surface area (Å²) in [6, 6.07) is 19.1. The Kier molecular flexibility index (Phi) is 3.87. The highest BCUT2D eigenvalue weighted by Gasteiger charge is 2.52. The monoisotopic (exact) mass is 447 g/mol. The number of fused-ring (bicyclic) bond motifs is 7. The van der Waals surface area contributed by atoms with Gasteiger partial charge in [0.15, 0.2) is 5.82 Å². The second-order valence-corrected chi connectivity index (χ2v) is 9.24. The van der Waals surface area contributed by atoms with Crippen LogP contribution in [-0.4, -0.2) is 11.1 Å². The van der Waals surface area contributed by atoms with Crippen LogP contribution in [0.5, 0.6) is 0 Å². The second kappa shape index (κ2) is 6.76. The number of furan rings is 2. The lowest BCUT2D eigenvalue weighted by Gasteiger charge is -2.49. The van der Waals surface area contributed by atoms with Crippen molar-refractivity contribution in [2.24, 2.45) is 0 Å². The Bertz CT molecular complexity index is 1590. The number of benzene rings is 2. The Hall–Kier alpha value is -3.99. The first kappa shape index (κ1) is 19.5. The topological polar surface area (TPSA) is 45.7 Å². The van der Waals surface area contributed by atoms with Gasteiger partial charge in [-0.2, -0.15) is 0 Å². The zero-order valence-electron chi connectivity index (χ0n) is 19.3. The summed E-state index contributed by atoms with van der Waals surface area (Å²) < 4.78 is 11.4. The van der Waals surface area contributed by atoms with Crippen molar-refractivity contribution < 1.29 is 8.83 Å². The molecule has 168 valence electrons. The quantitative estimate of drug-likeness (QED) is 0.264. The molecule has 5 aromatic rings. The van der Waals surface area contributed by atoms with Crippen LogP contribution in [0, 0.1) is 0 Å². The maximum absolute atomic E-state index is 5.82. The SMILES string of the molecule is C=C1C2N(c3ccc4occc4c3)c3cccnc3N2c2cc3ccoc3cc2C1(CC)CC. The van der Waals surface area contributed by atoms with Crippen LogP contribution >= 0.6 is 0 Å². The zero-order valence-corrected chi connectivity index (χ0v) is 19.3. The first-order chi connectivity index (χ1) is 16.7. The van der Waals surface area contributed by atoms with E-state index in [0.29, 0.717) is 0 Å². The maximum Gasteiger partial charge on any atom is 0.159 e. The molecule has 0 N–H and O–H groups in total. The molecule has 0 aliphatic carbocycles. The number of hydrogen-bond acceptors (Lipinski definition) is 5. The molecule has 0 fully saturated rings. The van der Waals surface area contributed by atoms with E-state index in [9.17, 15) is 0 Å². The molecule has 2 aliphatic rings. The summed E-state index contributed by atoms with van der Waals surface area (Å²) in [4.78, 5) is 9.63. The van der Waals surface area contributed by atoms with Gasteiger partial charge in [-0.25, -0.2) is 4.98 Å². The molecule has 3 aromatic heterocycles. The van der Waals surface area contributed by atoms with Crippen molar-refractivity contribution in [2.75, 3.05) is 9.80 Å². The highest BCUT2D eigenvalue weighted by Crippen LogP contribution is 2.59. The van der Waals surface area contributed by atoms with Gasteiger partial charge in [-0.05, 0) is 78.6 Å². The minimum absolute atomic E-state index is 0.0778. The van der Waals surface area contributed by atoms with Crippen molar-refractivity contribution in [2.45, 2.75) is 38.3 Å². The van der Waals surface area contributed by atoms with Gasteiger partial charge in [0.25, 0.3) is 0 Å². The van der Waals surface area contributed by atoms with Crippen molar-refractivity contribution in [3.8, 4) is 0 Å². The molecule has 5 nitrogen and oxygen atoms in total. The summed E-state index contributed by atoms with van der Waals surface area (Å²) >= 11 is 0. The summed E-state index contributed by atoms with van der Waals surface area (Å²) in [5, 5.41) is 2.18. The van der Waals surface area contributed by atoms with Gasteiger partial charge in [-0.3, -0.25) is 4.90 Å². The number of pyridine rings is 1. The lowest BCUT2D eigenvalue weighted by Crippen LogP contribution is -2.50. The molecular formula is C29H25N3O2. The molecule has 2 aliphatic heterocycles. The minimum atomic E-state index is -0.169. The van der Waals surface area contributed by atoms with E-state index in [4.69, 9.17) is 20.4 Å². The van der Waals surface area contributed by atoms with E-state index in [0.717, 1.165) is 52.0 Å². The summed E-state index contributed by atoms with van der Waals surface area (Å²) in [6.45, 7) is 9.30. The van der Waals surface area contributed by atoms with Crippen LogP contribution in [0.3, 0.4) is 0 Å². The van der Waals surface area contributed by atoms with Crippen molar-refractivity contribution >= 4 is 44.8 Å². The predicted molar refractivity (Wildman–Crippen MR) is 136 cm³/mol. The van der Waals surface area contributed by atoms with Gasteiger partial charge < -0.3 is 13.7 Å². The van der Waals surface area contributed by atoms with E-state index >= 15 is 0 Å². The van der Waals surface area contributed by atoms with Crippen molar-refractivity contribution in [3.05, 3.63) is 91.0 Å². The smallest absolute Gasteiger partial charge is 0.159 e. The third-order valence-electron chi connectivity index (χ3n) is 7.94. The summed E-state index contributed by atoms with van der Waals surface area (Å²) in [5.41, 5.74) is 7.45. The van der Waals surface area contributed by atoms with Crippen LogP contribution < -0.4 is 9.80 Å². The largest absolute Gasteiger partial charge is 0.464 e. The Balaban J connectivity index is 1.54. The van der Waals surface area contributed by atoms with Crippen LogP contribution in [-0.2, 0) is 5.41 Å². The van der Waals surface area contributed by atoms with Gasteiger partial charge in [0.05, 0.1) is 18.2 Å². The Morgan fingerprint density at radius 2 is 1.65 bits per heavy atom. The van der Waals surface area contributed by atoms with E-state index in [1.807, 2.05) is 30.5 Å². The van der Waals surface area contributed by atoms with Crippen LogP contribution in [0.25, 0.3) is 21.9 Å². The van der Waals surface area contributed by atoms with Crippen LogP contribution in [0.4, 0.5) is 22.9 Å². The first-order valence-electron chi connectivity index (χ1n) is 11.9. The Labute approximate surface area is 197 Å². The van der Waals surface area contributed by atoms with Crippen molar-refractivity contribution in [3.63, 3.8) is 0 Å². The number of nitrogens with zero attached hydrogens (tertiary/aromatic N) is 3. The lowest BCUT2D eigenvalue weighted by atomic mass is 9.66. The Morgan fingerprint density at radius 1 is 0.882 bits per heavy atom. The van der Waals surface area contributed by atoms with E-state index in [-0.39, 0.29) is 11.6 Å². The van der Waals surface area contributed by atoms with Crippen molar-refractivity contribution in [1.29, 1.82) is 0 Å². The Morgan fingerprint density at radius 3 is 2.44 bits per heavy atom. The van der Waals surface area contributed by atoms with Gasteiger partial charge in [-0.15, -0.1) is 0 Å². The third kappa shape index (κ3) is 2.31. The van der Waals surface area contributed by atoms with Crippen molar-refractivity contribution in [1.82, 2.24) is 4.98 Å². The van der Waals surface area contributed by atoms with E-state index in [1.54, 1.807) is 12.5 Å². The van der Waals surface area contributed by atoms with Gasteiger partial charge in [0.2, 0.25) is 0 Å².